The van der Waals surface area contributed by atoms with E-state index in [2.05, 4.69) is 6.92 Å². The van der Waals surface area contributed by atoms with Gasteiger partial charge < -0.3 is 5.11 Å². The van der Waals surface area contributed by atoms with Crippen LogP contribution in [0.5, 0.6) is 0 Å². The van der Waals surface area contributed by atoms with E-state index in [4.69, 9.17) is 16.7 Å². The minimum Gasteiger partial charge on any atom is -0.396 e. The lowest BCUT2D eigenvalue weighted by Gasteiger charge is -2.08. The first-order valence-corrected chi connectivity index (χ1v) is 9.13. The molecule has 1 atom stereocenters. The van der Waals surface area contributed by atoms with Gasteiger partial charge in [-0.15, -0.1) is 0 Å². The Morgan fingerprint density at radius 1 is 1.29 bits per heavy atom. The molecule has 5 heteroatoms. The molecule has 1 N–H and O–H groups in total. The molecular weight excluding hydrogens is 308 g/mol. The van der Waals surface area contributed by atoms with Crippen LogP contribution in [0, 0.1) is 5.92 Å². The van der Waals surface area contributed by atoms with Crippen molar-refractivity contribution >= 4 is 21.4 Å². The molecule has 3 nitrogen and oxygen atoms in total. The zero-order valence-electron chi connectivity index (χ0n) is 12.5. The predicted octanol–water partition coefficient (Wildman–Crippen LogP) is 3.86. The van der Waals surface area contributed by atoms with E-state index in [0.29, 0.717) is 15.8 Å². The van der Waals surface area contributed by atoms with Crippen LogP contribution >= 0.6 is 11.6 Å². The Balaban J connectivity index is 2.60. The third kappa shape index (κ3) is 6.64. The third-order valence-electron chi connectivity index (χ3n) is 3.36. The molecule has 1 aromatic rings. The molecule has 0 aliphatic carbocycles. The number of sulfone groups is 1. The van der Waals surface area contributed by atoms with Gasteiger partial charge in [0.05, 0.1) is 10.6 Å². The molecular formula is C16H23ClO3S. The second-order valence-electron chi connectivity index (χ2n) is 5.46. The summed E-state index contributed by atoms with van der Waals surface area (Å²) in [5.41, 5.74) is 0.848. The zero-order valence-corrected chi connectivity index (χ0v) is 14.1. The molecule has 1 unspecified atom stereocenters. The average molecular weight is 331 g/mol. The van der Waals surface area contributed by atoms with Gasteiger partial charge in [-0.3, -0.25) is 0 Å². The maximum absolute atomic E-state index is 12.2. The first-order chi connectivity index (χ1) is 9.85. The molecule has 0 aliphatic rings. The molecule has 0 radical (unpaired) electrons. The van der Waals surface area contributed by atoms with Crippen molar-refractivity contribution in [3.05, 3.63) is 40.9 Å². The van der Waals surface area contributed by atoms with Crippen molar-refractivity contribution in [2.75, 3.05) is 12.4 Å². The Bertz CT molecular complexity index is 562. The van der Waals surface area contributed by atoms with Gasteiger partial charge in [-0.2, -0.15) is 0 Å². The van der Waals surface area contributed by atoms with Gasteiger partial charge in [0.15, 0.2) is 9.84 Å². The van der Waals surface area contributed by atoms with E-state index in [9.17, 15) is 8.42 Å². The van der Waals surface area contributed by atoms with Crippen LogP contribution < -0.4 is 0 Å². The van der Waals surface area contributed by atoms with E-state index >= 15 is 0 Å². The van der Waals surface area contributed by atoms with Crippen LogP contribution in [0.4, 0.5) is 0 Å². The van der Waals surface area contributed by atoms with Crippen LogP contribution in [0.15, 0.2) is 40.8 Å². The first kappa shape index (κ1) is 18.2. The maximum atomic E-state index is 12.2. The van der Waals surface area contributed by atoms with E-state index in [1.54, 1.807) is 12.1 Å². The van der Waals surface area contributed by atoms with Crippen LogP contribution in [0.3, 0.4) is 0 Å². The molecule has 0 bridgehead atoms. The second kappa shape index (κ2) is 8.57. The van der Waals surface area contributed by atoms with Crippen molar-refractivity contribution < 1.29 is 13.5 Å². The minimum atomic E-state index is -3.30. The molecule has 0 saturated heterocycles. The van der Waals surface area contributed by atoms with Crippen molar-refractivity contribution in [1.29, 1.82) is 0 Å². The highest BCUT2D eigenvalue weighted by atomic mass is 35.5. The molecule has 0 saturated carbocycles. The lowest BCUT2D eigenvalue weighted by Crippen LogP contribution is -2.08. The molecule has 1 aromatic carbocycles. The fourth-order valence-electron chi connectivity index (χ4n) is 2.06. The summed E-state index contributed by atoms with van der Waals surface area (Å²) in [5.74, 6) is 0.482. The summed E-state index contributed by atoms with van der Waals surface area (Å²) < 4.78 is 24.5. The topological polar surface area (TPSA) is 54.4 Å². The lowest BCUT2D eigenvalue weighted by atomic mass is 10.0. The number of rotatable bonds is 8. The molecule has 0 fully saturated rings. The van der Waals surface area contributed by atoms with Gasteiger partial charge in [-0.1, -0.05) is 30.2 Å². The summed E-state index contributed by atoms with van der Waals surface area (Å²) in [7, 11) is -3.30. The van der Waals surface area contributed by atoms with Crippen LogP contribution in [-0.4, -0.2) is 25.9 Å². The Kier molecular flexibility index (Phi) is 7.43. The van der Waals surface area contributed by atoms with Crippen molar-refractivity contribution in [1.82, 2.24) is 0 Å². The number of aliphatic hydroxyl groups is 1. The van der Waals surface area contributed by atoms with Gasteiger partial charge in [0.2, 0.25) is 0 Å². The summed E-state index contributed by atoms with van der Waals surface area (Å²) >= 11 is 5.77. The fourth-order valence-corrected chi connectivity index (χ4v) is 3.62. The second-order valence-corrected chi connectivity index (χ2v) is 7.88. The summed E-state index contributed by atoms with van der Waals surface area (Å²) in [6.45, 7) is 4.13. The molecule has 0 heterocycles. The number of aliphatic hydroxyl groups excluding tert-OH is 1. The van der Waals surface area contributed by atoms with Gasteiger partial charge in [-0.25, -0.2) is 8.42 Å². The lowest BCUT2D eigenvalue weighted by molar-refractivity contribution is 0.259. The van der Waals surface area contributed by atoms with Gasteiger partial charge in [0.25, 0.3) is 0 Å². The van der Waals surface area contributed by atoms with Gasteiger partial charge in [0, 0.05) is 11.6 Å². The van der Waals surface area contributed by atoms with Crippen LogP contribution in [0.1, 0.15) is 33.1 Å². The summed E-state index contributed by atoms with van der Waals surface area (Å²) in [6.07, 6.45) is 4.55. The standard InChI is InChI=1S/C16H23ClO3S/c1-13(10-11-18)4-3-5-14(2)12-21(19,20)16-8-6-15(17)7-9-16/h5-9,13,18H,3-4,10-12H2,1-2H3. The first-order valence-electron chi connectivity index (χ1n) is 7.10. The molecule has 0 spiro atoms. The summed E-state index contributed by atoms with van der Waals surface area (Å²) in [6, 6.07) is 6.25. The van der Waals surface area contributed by atoms with Crippen molar-refractivity contribution in [3.63, 3.8) is 0 Å². The highest BCUT2D eigenvalue weighted by molar-refractivity contribution is 7.91. The van der Waals surface area contributed by atoms with E-state index in [1.807, 2.05) is 13.0 Å². The predicted molar refractivity (Wildman–Crippen MR) is 87.4 cm³/mol. The number of hydrogen-bond acceptors (Lipinski definition) is 3. The Morgan fingerprint density at radius 3 is 2.48 bits per heavy atom. The fraction of sp³-hybridized carbons (Fsp3) is 0.500. The Hall–Kier alpha value is -0.840. The number of benzene rings is 1. The molecule has 0 aliphatic heterocycles. The van der Waals surface area contributed by atoms with Crippen LogP contribution in [0.2, 0.25) is 5.02 Å². The molecule has 21 heavy (non-hydrogen) atoms. The third-order valence-corrected chi connectivity index (χ3v) is 5.44. The quantitative estimate of drug-likeness (QED) is 0.736. The minimum absolute atomic E-state index is 0.0308. The Labute approximate surface area is 132 Å². The summed E-state index contributed by atoms with van der Waals surface area (Å²) in [5, 5.41) is 9.37. The maximum Gasteiger partial charge on any atom is 0.182 e. The molecule has 0 aromatic heterocycles. The largest absolute Gasteiger partial charge is 0.396 e. The van der Waals surface area contributed by atoms with Crippen LogP contribution in [-0.2, 0) is 9.84 Å². The number of halogens is 1. The van der Waals surface area contributed by atoms with Gasteiger partial charge >= 0.3 is 0 Å². The SMILES string of the molecule is CC(=CCCC(C)CCO)CS(=O)(=O)c1ccc(Cl)cc1. The highest BCUT2D eigenvalue weighted by Gasteiger charge is 2.14. The molecule has 0 amide bonds. The average Bonchev–Trinajstić information content (AvgIpc) is 2.38. The highest BCUT2D eigenvalue weighted by Crippen LogP contribution is 2.18. The van der Waals surface area contributed by atoms with Crippen LogP contribution in [0.25, 0.3) is 0 Å². The van der Waals surface area contributed by atoms with E-state index in [0.717, 1.165) is 24.8 Å². The normalized spacial score (nSPS) is 14.2. The molecule has 1 rings (SSSR count). The van der Waals surface area contributed by atoms with E-state index < -0.39 is 9.84 Å². The van der Waals surface area contributed by atoms with E-state index in [-0.39, 0.29) is 12.4 Å². The summed E-state index contributed by atoms with van der Waals surface area (Å²) in [4.78, 5) is 0.299. The zero-order chi connectivity index (χ0) is 15.9. The van der Waals surface area contributed by atoms with Gasteiger partial charge in [-0.05, 0) is 56.4 Å². The van der Waals surface area contributed by atoms with Crippen molar-refractivity contribution in [2.45, 2.75) is 38.0 Å². The smallest absolute Gasteiger partial charge is 0.182 e. The van der Waals surface area contributed by atoms with Crippen molar-refractivity contribution in [2.24, 2.45) is 5.92 Å². The number of hydrogen-bond donors (Lipinski definition) is 1. The Morgan fingerprint density at radius 2 is 1.90 bits per heavy atom. The van der Waals surface area contributed by atoms with Gasteiger partial charge in [0.1, 0.15) is 0 Å². The van der Waals surface area contributed by atoms with E-state index in [1.165, 1.54) is 12.1 Å². The van der Waals surface area contributed by atoms with Crippen molar-refractivity contribution in [3.8, 4) is 0 Å². The number of allylic oxidation sites excluding steroid dienone is 1. The monoisotopic (exact) mass is 330 g/mol. The molecule has 118 valence electrons.